The maximum atomic E-state index is 10.8. The highest BCUT2D eigenvalue weighted by Crippen LogP contribution is 2.07. The lowest BCUT2D eigenvalue weighted by Crippen LogP contribution is -1.98. The molecule has 5 N–H and O–H groups in total. The van der Waals surface area contributed by atoms with Crippen molar-refractivity contribution in [1.82, 2.24) is 0 Å². The van der Waals surface area contributed by atoms with Crippen LogP contribution in [-0.4, -0.2) is 38.6 Å². The molecule has 0 aliphatic rings. The lowest BCUT2D eigenvalue weighted by Gasteiger charge is -2.01. The predicted molar refractivity (Wildman–Crippen MR) is 114 cm³/mol. The number of Topliss-reactive ketones (excluding diaryl/α,β-unsaturated/α-hetero) is 2. The Morgan fingerprint density at radius 1 is 0.621 bits per heavy atom. The first-order valence-corrected chi connectivity index (χ1v) is 8.16. The third-order valence-corrected chi connectivity index (χ3v) is 3.72. The summed E-state index contributed by atoms with van der Waals surface area (Å²) in [4.78, 5) is 21.7. The largest absolute Gasteiger partial charge is 0.411 e. The molecule has 2 rings (SSSR count). The lowest BCUT2D eigenvalue weighted by atomic mass is 10.1. The van der Waals surface area contributed by atoms with Crippen LogP contribution in [0.1, 0.15) is 59.5 Å². The molecule has 0 fully saturated rings. The van der Waals surface area contributed by atoms with Crippen molar-refractivity contribution in [2.75, 3.05) is 0 Å². The normalized spacial score (nSPS) is 10.4. The van der Waals surface area contributed by atoms with E-state index >= 15 is 0 Å². The first-order chi connectivity index (χ1) is 13.3. The minimum atomic E-state index is 0. The van der Waals surface area contributed by atoms with Crippen molar-refractivity contribution in [1.29, 1.82) is 0 Å². The molecule has 0 aliphatic heterocycles. The summed E-state index contributed by atoms with van der Waals surface area (Å²) in [6, 6.07) is 13.9. The first-order valence-electron chi connectivity index (χ1n) is 8.16. The second-order valence-electron chi connectivity index (χ2n) is 5.64. The number of rotatable bonds is 4. The maximum absolute atomic E-state index is 10.8. The van der Waals surface area contributed by atoms with Crippen LogP contribution in [0.5, 0.6) is 0 Å². The number of hydrogen-bond donors (Lipinski definition) is 4. The minimum Gasteiger partial charge on any atom is -0.411 e. The van der Waals surface area contributed by atoms with E-state index in [2.05, 4.69) is 16.2 Å². The molecular formula is C20H26ClN3O5. The molecule has 9 heteroatoms. The van der Waals surface area contributed by atoms with E-state index in [0.29, 0.717) is 22.6 Å². The molecule has 0 saturated carbocycles. The second-order valence-corrected chi connectivity index (χ2v) is 5.64. The summed E-state index contributed by atoms with van der Waals surface area (Å²) in [6.07, 6.45) is 0. The molecule has 0 saturated heterocycles. The van der Waals surface area contributed by atoms with Crippen molar-refractivity contribution < 1.29 is 25.2 Å². The fourth-order valence-electron chi connectivity index (χ4n) is 2.01. The molecule has 0 bridgehead atoms. The number of benzene rings is 2. The van der Waals surface area contributed by atoms with Crippen molar-refractivity contribution in [2.24, 2.45) is 16.2 Å². The minimum absolute atomic E-state index is 0. The number of oxime groups is 2. The van der Waals surface area contributed by atoms with E-state index in [1.54, 1.807) is 62.4 Å². The van der Waals surface area contributed by atoms with Gasteiger partial charge in [0.05, 0.1) is 11.4 Å². The highest BCUT2D eigenvalue weighted by Gasteiger charge is 2.01. The molecule has 158 valence electrons. The van der Waals surface area contributed by atoms with Gasteiger partial charge in [0.15, 0.2) is 11.6 Å². The van der Waals surface area contributed by atoms with Gasteiger partial charge < -0.3 is 15.6 Å². The van der Waals surface area contributed by atoms with E-state index < -0.39 is 0 Å². The molecule has 29 heavy (non-hydrogen) atoms. The van der Waals surface area contributed by atoms with E-state index in [0.717, 1.165) is 11.1 Å². The van der Waals surface area contributed by atoms with E-state index in [4.69, 9.17) is 15.6 Å². The molecule has 0 atom stereocenters. The maximum Gasteiger partial charge on any atom is 0.159 e. The van der Waals surface area contributed by atoms with Gasteiger partial charge in [0.25, 0.3) is 0 Å². The SMILES string of the molecule is C/C(=N/O)c1ccc(/C(C)=N/O)cc1.CC(=O)c1ccc(C(C)=O)cc1.Cl.NO. The van der Waals surface area contributed by atoms with Crippen LogP contribution >= 0.6 is 12.4 Å². The summed E-state index contributed by atoms with van der Waals surface area (Å²) in [7, 11) is 0. The molecule has 0 aliphatic carbocycles. The molecule has 0 unspecified atom stereocenters. The summed E-state index contributed by atoms with van der Waals surface area (Å²) in [5.74, 6) is 3.54. The third kappa shape index (κ3) is 9.61. The standard InChI is InChI=1S/C10H12N2O2.C10H10O2.ClH.H3NO/c1-7(11-13)9-3-5-10(6-4-9)8(2)12-14;1-7(11)9-3-5-10(6-4-9)8(2)12;;1-2/h3-6,13-14H,1-2H3;3-6H,1-2H3;1H;2H,1H2/b11-7-,12-8+;;;. The Balaban J connectivity index is 0. The van der Waals surface area contributed by atoms with Crippen LogP contribution in [0.4, 0.5) is 0 Å². The Morgan fingerprint density at radius 2 is 0.828 bits per heavy atom. The number of halogens is 1. The number of nitrogens with zero attached hydrogens (tertiary/aromatic N) is 2. The van der Waals surface area contributed by atoms with Crippen molar-refractivity contribution in [3.63, 3.8) is 0 Å². The predicted octanol–water partition coefficient (Wildman–Crippen LogP) is 3.93. The van der Waals surface area contributed by atoms with Crippen LogP contribution in [0, 0.1) is 0 Å². The smallest absolute Gasteiger partial charge is 0.159 e. The van der Waals surface area contributed by atoms with Gasteiger partial charge >= 0.3 is 0 Å². The highest BCUT2D eigenvalue weighted by molar-refractivity contribution is 6.01. The first kappa shape index (κ1) is 28.1. The fourth-order valence-corrected chi connectivity index (χ4v) is 2.01. The highest BCUT2D eigenvalue weighted by atomic mass is 35.5. The van der Waals surface area contributed by atoms with E-state index in [1.165, 1.54) is 13.8 Å². The quantitative estimate of drug-likeness (QED) is 0.253. The summed E-state index contributed by atoms with van der Waals surface area (Å²) in [5, 5.41) is 29.8. The van der Waals surface area contributed by atoms with Crippen LogP contribution in [-0.2, 0) is 0 Å². The number of carbonyl (C=O) groups excluding carboxylic acids is 2. The van der Waals surface area contributed by atoms with Gasteiger partial charge in [-0.1, -0.05) is 58.8 Å². The summed E-state index contributed by atoms with van der Waals surface area (Å²) < 4.78 is 0. The summed E-state index contributed by atoms with van der Waals surface area (Å²) >= 11 is 0. The Labute approximate surface area is 175 Å². The Kier molecular flexibility index (Phi) is 14.5. The molecule has 0 spiro atoms. The van der Waals surface area contributed by atoms with Crippen molar-refractivity contribution in [3.05, 3.63) is 70.8 Å². The van der Waals surface area contributed by atoms with Crippen LogP contribution in [0.15, 0.2) is 58.8 Å². The zero-order valence-corrected chi connectivity index (χ0v) is 17.5. The summed E-state index contributed by atoms with van der Waals surface area (Å²) in [5.41, 5.74) is 4.05. The molecule has 0 heterocycles. The molecule has 0 radical (unpaired) electrons. The van der Waals surface area contributed by atoms with E-state index in [1.807, 2.05) is 0 Å². The van der Waals surface area contributed by atoms with Crippen molar-refractivity contribution >= 4 is 35.4 Å². The molecule has 2 aromatic carbocycles. The topological polar surface area (TPSA) is 146 Å². The zero-order chi connectivity index (χ0) is 21.7. The summed E-state index contributed by atoms with van der Waals surface area (Å²) in [6.45, 7) is 6.43. The van der Waals surface area contributed by atoms with E-state index in [9.17, 15) is 9.59 Å². The lowest BCUT2D eigenvalue weighted by molar-refractivity contribution is 0.100. The van der Waals surface area contributed by atoms with Crippen molar-refractivity contribution in [3.8, 4) is 0 Å². The molecule has 0 aromatic heterocycles. The Morgan fingerprint density at radius 3 is 1.00 bits per heavy atom. The average Bonchev–Trinajstić information content (AvgIpc) is 2.74. The Bertz CT molecular complexity index is 762. The second kappa shape index (κ2) is 14.9. The number of nitrogens with two attached hydrogens (primary N) is 1. The van der Waals surface area contributed by atoms with Gasteiger partial charge in [0, 0.05) is 11.1 Å². The van der Waals surface area contributed by atoms with Gasteiger partial charge in [-0.05, 0) is 38.8 Å². The average molecular weight is 424 g/mol. The third-order valence-electron chi connectivity index (χ3n) is 3.72. The van der Waals surface area contributed by atoms with Crippen LogP contribution < -0.4 is 5.90 Å². The fraction of sp³-hybridized carbons (Fsp3) is 0.200. The van der Waals surface area contributed by atoms with Gasteiger partial charge in [-0.3, -0.25) is 9.59 Å². The molecule has 0 amide bonds. The van der Waals surface area contributed by atoms with Crippen LogP contribution in [0.2, 0.25) is 0 Å². The van der Waals surface area contributed by atoms with Crippen molar-refractivity contribution in [2.45, 2.75) is 27.7 Å². The van der Waals surface area contributed by atoms with Gasteiger partial charge in [0.1, 0.15) is 0 Å². The van der Waals surface area contributed by atoms with Gasteiger partial charge in [-0.2, -0.15) is 0 Å². The number of ketones is 2. The molecule has 2 aromatic rings. The van der Waals surface area contributed by atoms with Crippen LogP contribution in [0.3, 0.4) is 0 Å². The van der Waals surface area contributed by atoms with Crippen LogP contribution in [0.25, 0.3) is 0 Å². The van der Waals surface area contributed by atoms with E-state index in [-0.39, 0.29) is 24.0 Å². The molecule has 8 nitrogen and oxygen atoms in total. The molecular weight excluding hydrogens is 398 g/mol. The Hall–Kier alpha value is -3.07. The number of carbonyl (C=O) groups is 2. The zero-order valence-electron chi connectivity index (χ0n) is 16.7. The van der Waals surface area contributed by atoms with Gasteiger partial charge in [-0.15, -0.1) is 12.4 Å². The van der Waals surface area contributed by atoms with Gasteiger partial charge in [-0.25, -0.2) is 5.90 Å². The number of hydrogen-bond acceptors (Lipinski definition) is 8. The monoisotopic (exact) mass is 423 g/mol. The van der Waals surface area contributed by atoms with Gasteiger partial charge in [0.2, 0.25) is 0 Å².